The molecule has 1 saturated carbocycles. The van der Waals surface area contributed by atoms with Crippen LogP contribution in [0.5, 0.6) is 5.75 Å². The summed E-state index contributed by atoms with van der Waals surface area (Å²) in [7, 11) is 0. The summed E-state index contributed by atoms with van der Waals surface area (Å²) in [4.78, 5) is 18.2. The first kappa shape index (κ1) is 24.7. The van der Waals surface area contributed by atoms with Gasteiger partial charge >= 0.3 is 0 Å². The van der Waals surface area contributed by atoms with Crippen molar-refractivity contribution in [3.05, 3.63) is 103 Å². The van der Waals surface area contributed by atoms with E-state index in [4.69, 9.17) is 21.3 Å². The van der Waals surface area contributed by atoms with Crippen molar-refractivity contribution >= 4 is 44.6 Å². The molecule has 8 heteroatoms. The third-order valence-electron chi connectivity index (χ3n) is 6.39. The van der Waals surface area contributed by atoms with Crippen LogP contribution in [0, 0.1) is 5.82 Å². The van der Waals surface area contributed by atoms with E-state index in [0.717, 1.165) is 31.2 Å². The van der Waals surface area contributed by atoms with E-state index in [-0.39, 0.29) is 23.9 Å². The lowest BCUT2D eigenvalue weighted by molar-refractivity contribution is 0.304. The third kappa shape index (κ3) is 5.37. The highest BCUT2D eigenvalue weighted by Crippen LogP contribution is 2.35. The smallest absolute Gasteiger partial charge is 0.282 e. The molecule has 0 amide bonds. The molecule has 4 aromatic rings. The van der Waals surface area contributed by atoms with Gasteiger partial charge in [0.25, 0.3) is 5.56 Å². The molecule has 0 bridgehead atoms. The van der Waals surface area contributed by atoms with Crippen LogP contribution in [-0.2, 0) is 6.61 Å². The lowest BCUT2D eigenvalue weighted by Gasteiger charge is -2.22. The fourth-order valence-corrected chi connectivity index (χ4v) is 5.52. The molecule has 1 heterocycles. The zero-order valence-electron chi connectivity index (χ0n) is 19.5. The molecule has 1 aromatic heterocycles. The Labute approximate surface area is 221 Å². The summed E-state index contributed by atoms with van der Waals surface area (Å²) in [5.74, 6) is 1.09. The van der Waals surface area contributed by atoms with E-state index in [1.165, 1.54) is 23.2 Å². The van der Waals surface area contributed by atoms with Crippen LogP contribution in [-0.4, -0.2) is 15.9 Å². The fourth-order valence-electron chi connectivity index (χ4n) is 4.53. The molecule has 1 aliphatic rings. The van der Waals surface area contributed by atoms with Crippen LogP contribution in [0.4, 0.5) is 4.39 Å². The summed E-state index contributed by atoms with van der Waals surface area (Å²) in [5, 5.41) is 5.51. The maximum atomic E-state index is 13.4. The van der Waals surface area contributed by atoms with Crippen molar-refractivity contribution in [2.75, 3.05) is 0 Å². The average molecular weight is 569 g/mol. The number of benzene rings is 3. The maximum absolute atomic E-state index is 13.4. The fraction of sp³-hybridized carbons (Fsp3) is 0.250. The molecule has 0 saturated heterocycles. The predicted octanol–water partition coefficient (Wildman–Crippen LogP) is 7.46. The Balaban J connectivity index is 1.45. The molecule has 0 atom stereocenters. The highest BCUT2D eigenvalue weighted by Gasteiger charge is 2.22. The maximum Gasteiger partial charge on any atom is 0.282 e. The minimum absolute atomic E-state index is 0.179. The number of hydrogen-bond donors (Lipinski definition) is 0. The van der Waals surface area contributed by atoms with Crippen molar-refractivity contribution in [1.29, 1.82) is 0 Å². The van der Waals surface area contributed by atoms with Gasteiger partial charge in [-0.15, -0.1) is 0 Å². The van der Waals surface area contributed by atoms with Crippen molar-refractivity contribution in [2.45, 2.75) is 44.6 Å². The van der Waals surface area contributed by atoms with E-state index < -0.39 is 0 Å². The standard InChI is InChI=1S/C28H24BrClFN3O2/c29-23-14-19(15-24(30)26(23)36-17-18-10-12-21(31)13-11-18)16-32-34-27(20-6-2-1-3-7-20)33-25-9-5-4-8-22(25)28(34)35/h4-5,8-16,20H,1-3,6-7,17H2. The van der Waals surface area contributed by atoms with Gasteiger partial charge in [-0.1, -0.05) is 55.1 Å². The highest BCUT2D eigenvalue weighted by molar-refractivity contribution is 9.10. The van der Waals surface area contributed by atoms with E-state index in [9.17, 15) is 9.18 Å². The van der Waals surface area contributed by atoms with Crippen molar-refractivity contribution in [2.24, 2.45) is 5.10 Å². The third-order valence-corrected chi connectivity index (χ3v) is 7.26. The van der Waals surface area contributed by atoms with Gasteiger partial charge in [0, 0.05) is 5.92 Å². The lowest BCUT2D eigenvalue weighted by atomic mass is 9.88. The number of halogens is 3. The minimum Gasteiger partial charge on any atom is -0.486 e. The Morgan fingerprint density at radius 2 is 1.86 bits per heavy atom. The van der Waals surface area contributed by atoms with Crippen molar-refractivity contribution in [3.63, 3.8) is 0 Å². The van der Waals surface area contributed by atoms with Crippen LogP contribution in [0.2, 0.25) is 5.02 Å². The number of para-hydroxylation sites is 1. The van der Waals surface area contributed by atoms with Crippen LogP contribution in [0.15, 0.2) is 75.0 Å². The molecule has 0 N–H and O–H groups in total. The first-order chi connectivity index (χ1) is 17.5. The second kappa shape index (κ2) is 10.9. The van der Waals surface area contributed by atoms with Crippen LogP contribution < -0.4 is 10.3 Å². The molecule has 0 aliphatic heterocycles. The normalized spacial score (nSPS) is 14.5. The largest absolute Gasteiger partial charge is 0.486 e. The van der Waals surface area contributed by atoms with Crippen molar-refractivity contribution in [3.8, 4) is 5.75 Å². The summed E-state index contributed by atoms with van der Waals surface area (Å²) in [6.45, 7) is 0.245. The molecule has 3 aromatic carbocycles. The van der Waals surface area contributed by atoms with Gasteiger partial charge < -0.3 is 4.74 Å². The zero-order chi connectivity index (χ0) is 25.1. The van der Waals surface area contributed by atoms with Crippen LogP contribution in [0.1, 0.15) is 55.0 Å². The number of ether oxygens (including phenoxy) is 1. The quantitative estimate of drug-likeness (QED) is 0.227. The average Bonchev–Trinajstić information content (AvgIpc) is 2.89. The number of hydrogen-bond acceptors (Lipinski definition) is 4. The Bertz CT molecular complexity index is 1460. The number of nitrogens with zero attached hydrogens (tertiary/aromatic N) is 3. The summed E-state index contributed by atoms with van der Waals surface area (Å²) in [6, 6.07) is 17.0. The lowest BCUT2D eigenvalue weighted by Crippen LogP contribution is -2.25. The Morgan fingerprint density at radius 3 is 2.61 bits per heavy atom. The van der Waals surface area contributed by atoms with Gasteiger partial charge in [0.05, 0.1) is 26.6 Å². The Hall–Kier alpha value is -3.03. The highest BCUT2D eigenvalue weighted by atomic mass is 79.9. The monoisotopic (exact) mass is 567 g/mol. The molecule has 0 spiro atoms. The van der Waals surface area contributed by atoms with Crippen molar-refractivity contribution in [1.82, 2.24) is 9.66 Å². The number of rotatable bonds is 6. The second-order valence-electron chi connectivity index (χ2n) is 8.91. The first-order valence-corrected chi connectivity index (χ1v) is 13.1. The molecular weight excluding hydrogens is 545 g/mol. The Kier molecular flexibility index (Phi) is 7.48. The SMILES string of the molecule is O=c1c2ccccc2nc(C2CCCCC2)n1N=Cc1cc(Cl)c(OCc2ccc(F)cc2)c(Br)c1. The summed E-state index contributed by atoms with van der Waals surface area (Å²) < 4.78 is 21.1. The molecule has 5 nitrogen and oxygen atoms in total. The van der Waals surface area contributed by atoms with Crippen LogP contribution >= 0.6 is 27.5 Å². The topological polar surface area (TPSA) is 56.5 Å². The predicted molar refractivity (Wildman–Crippen MR) is 145 cm³/mol. The van der Waals surface area contributed by atoms with E-state index in [1.54, 1.807) is 30.5 Å². The van der Waals surface area contributed by atoms with Gasteiger partial charge in [-0.05, 0) is 76.3 Å². The van der Waals surface area contributed by atoms with E-state index in [0.29, 0.717) is 37.5 Å². The van der Waals surface area contributed by atoms with E-state index in [2.05, 4.69) is 21.0 Å². The summed E-state index contributed by atoms with van der Waals surface area (Å²) in [5.41, 5.74) is 2.05. The van der Waals surface area contributed by atoms with E-state index >= 15 is 0 Å². The molecule has 0 radical (unpaired) electrons. The first-order valence-electron chi connectivity index (χ1n) is 11.9. The Morgan fingerprint density at radius 1 is 1.11 bits per heavy atom. The van der Waals surface area contributed by atoms with E-state index in [1.807, 2.05) is 24.3 Å². The number of fused-ring (bicyclic) bond motifs is 1. The zero-order valence-corrected chi connectivity index (χ0v) is 21.8. The molecule has 184 valence electrons. The summed E-state index contributed by atoms with van der Waals surface area (Å²) in [6.07, 6.45) is 7.07. The van der Waals surface area contributed by atoms with Gasteiger partial charge in [-0.25, -0.2) is 9.37 Å². The molecular formula is C28H24BrClFN3O2. The minimum atomic E-state index is -0.297. The van der Waals surface area contributed by atoms with Crippen LogP contribution in [0.25, 0.3) is 10.9 Å². The molecule has 1 fully saturated rings. The van der Waals surface area contributed by atoms with Crippen LogP contribution in [0.3, 0.4) is 0 Å². The van der Waals surface area contributed by atoms with Gasteiger partial charge in [-0.2, -0.15) is 9.78 Å². The second-order valence-corrected chi connectivity index (χ2v) is 10.2. The van der Waals surface area contributed by atoms with Gasteiger partial charge in [0.2, 0.25) is 0 Å². The van der Waals surface area contributed by atoms with Gasteiger partial charge in [0.1, 0.15) is 18.2 Å². The molecule has 0 unspecified atom stereocenters. The molecule has 5 rings (SSSR count). The van der Waals surface area contributed by atoms with Crippen molar-refractivity contribution < 1.29 is 9.13 Å². The summed E-state index contributed by atoms with van der Waals surface area (Å²) >= 11 is 10.0. The molecule has 1 aliphatic carbocycles. The van der Waals surface area contributed by atoms with Gasteiger partial charge in [0.15, 0.2) is 5.75 Å². The number of aromatic nitrogens is 2. The van der Waals surface area contributed by atoms with Gasteiger partial charge in [-0.3, -0.25) is 4.79 Å². The molecule has 36 heavy (non-hydrogen) atoms.